The van der Waals surface area contributed by atoms with E-state index in [9.17, 15) is 24.5 Å². The van der Waals surface area contributed by atoms with Crippen LogP contribution in [0.25, 0.3) is 21.5 Å². The van der Waals surface area contributed by atoms with Gasteiger partial charge in [0.2, 0.25) is 0 Å². The number of amides is 3. The first-order chi connectivity index (χ1) is 19.9. The minimum absolute atomic E-state index is 0.0112. The number of rotatable bonds is 8. The Balaban J connectivity index is 1.32. The van der Waals surface area contributed by atoms with Crippen LogP contribution < -0.4 is 9.64 Å². The van der Waals surface area contributed by atoms with Crippen LogP contribution in [0.2, 0.25) is 0 Å². The van der Waals surface area contributed by atoms with Crippen molar-refractivity contribution < 1.29 is 24.0 Å². The molecular weight excluding hydrogens is 522 g/mol. The molecule has 6 rings (SSSR count). The molecule has 202 valence electrons. The van der Waals surface area contributed by atoms with Crippen LogP contribution in [0.3, 0.4) is 0 Å². The summed E-state index contributed by atoms with van der Waals surface area (Å²) in [4.78, 5) is 54.1. The third-order valence-electron chi connectivity index (χ3n) is 7.17. The van der Waals surface area contributed by atoms with E-state index in [0.29, 0.717) is 22.2 Å². The first-order valence-corrected chi connectivity index (χ1v) is 13.0. The van der Waals surface area contributed by atoms with Gasteiger partial charge in [0.15, 0.2) is 12.4 Å². The summed E-state index contributed by atoms with van der Waals surface area (Å²) in [5.41, 5.74) is 1.17. The number of nitro benzene ring substituents is 1. The second kappa shape index (κ2) is 10.5. The van der Waals surface area contributed by atoms with Gasteiger partial charge in [-0.25, -0.2) is 0 Å². The average molecular weight is 546 g/mol. The number of nitro groups is 1. The highest BCUT2D eigenvalue weighted by molar-refractivity contribution is 6.25. The Kier molecular flexibility index (Phi) is 6.60. The van der Waals surface area contributed by atoms with Crippen LogP contribution in [0.5, 0.6) is 5.75 Å². The maximum atomic E-state index is 13.7. The Hall–Kier alpha value is -5.57. The van der Waals surface area contributed by atoms with Gasteiger partial charge in [0, 0.05) is 41.1 Å². The second-order valence-corrected chi connectivity index (χ2v) is 9.53. The van der Waals surface area contributed by atoms with Crippen LogP contribution in [0, 0.1) is 10.1 Å². The fourth-order valence-corrected chi connectivity index (χ4v) is 5.25. The third-order valence-corrected chi connectivity index (χ3v) is 7.17. The molecular formula is C32H23N3O6. The molecule has 0 atom stereocenters. The smallest absolute Gasteiger partial charge is 0.310 e. The van der Waals surface area contributed by atoms with Crippen LogP contribution in [-0.4, -0.2) is 47.2 Å². The lowest BCUT2D eigenvalue weighted by Crippen LogP contribution is -2.46. The summed E-state index contributed by atoms with van der Waals surface area (Å²) in [5, 5.41) is 14.5. The standard InChI is InChI=1S/C32H23N3O6/c36-29(20-41-28-17-4-3-15-27(28)35(39)40)33(26-16-7-9-21-8-1-2-12-23(21)26)18-19-34-31(37)24-13-5-10-22-11-6-14-25(30(22)24)32(34)38/h1-17H,18-20H2. The van der Waals surface area contributed by atoms with Gasteiger partial charge in [-0.05, 0) is 35.0 Å². The number of hydrogen-bond donors (Lipinski definition) is 0. The van der Waals surface area contributed by atoms with Crippen molar-refractivity contribution in [1.82, 2.24) is 4.90 Å². The van der Waals surface area contributed by atoms with Crippen molar-refractivity contribution in [2.45, 2.75) is 0 Å². The predicted molar refractivity (Wildman–Crippen MR) is 154 cm³/mol. The summed E-state index contributed by atoms with van der Waals surface area (Å²) in [7, 11) is 0. The van der Waals surface area contributed by atoms with Crippen LogP contribution in [0.15, 0.2) is 103 Å². The number of hydrogen-bond acceptors (Lipinski definition) is 6. The molecule has 5 aromatic rings. The zero-order valence-electron chi connectivity index (χ0n) is 21.7. The first-order valence-electron chi connectivity index (χ1n) is 13.0. The van der Waals surface area contributed by atoms with Gasteiger partial charge in [-0.2, -0.15) is 0 Å². The zero-order valence-corrected chi connectivity index (χ0v) is 21.7. The van der Waals surface area contributed by atoms with E-state index in [1.165, 1.54) is 23.1 Å². The number of para-hydroxylation sites is 2. The van der Waals surface area contributed by atoms with Crippen molar-refractivity contribution in [2.24, 2.45) is 0 Å². The van der Waals surface area contributed by atoms with E-state index in [1.807, 2.05) is 48.5 Å². The number of benzene rings is 5. The molecule has 0 aliphatic carbocycles. The highest BCUT2D eigenvalue weighted by Crippen LogP contribution is 2.31. The van der Waals surface area contributed by atoms with Gasteiger partial charge in [0.05, 0.1) is 10.6 Å². The molecule has 1 aliphatic rings. The first kappa shape index (κ1) is 25.7. The molecule has 0 unspecified atom stereocenters. The Morgan fingerprint density at radius 3 is 2.12 bits per heavy atom. The van der Waals surface area contributed by atoms with E-state index < -0.39 is 29.3 Å². The summed E-state index contributed by atoms with van der Waals surface area (Å²) in [6, 6.07) is 29.5. The monoisotopic (exact) mass is 545 g/mol. The van der Waals surface area contributed by atoms with Crippen molar-refractivity contribution in [3.63, 3.8) is 0 Å². The molecule has 3 amide bonds. The molecule has 1 heterocycles. The second-order valence-electron chi connectivity index (χ2n) is 9.53. The fraction of sp³-hybridized carbons (Fsp3) is 0.0938. The summed E-state index contributed by atoms with van der Waals surface area (Å²) in [5.74, 6) is -1.38. The third kappa shape index (κ3) is 4.63. The lowest BCUT2D eigenvalue weighted by atomic mass is 9.94. The zero-order chi connectivity index (χ0) is 28.5. The summed E-state index contributed by atoms with van der Waals surface area (Å²) in [6.07, 6.45) is 0. The van der Waals surface area contributed by atoms with Gasteiger partial charge < -0.3 is 9.64 Å². The van der Waals surface area contributed by atoms with E-state index in [0.717, 1.165) is 21.1 Å². The van der Waals surface area contributed by atoms with Crippen LogP contribution in [0.1, 0.15) is 20.7 Å². The molecule has 5 aromatic carbocycles. The van der Waals surface area contributed by atoms with Gasteiger partial charge in [-0.15, -0.1) is 0 Å². The molecule has 0 saturated heterocycles. The Morgan fingerprint density at radius 2 is 1.39 bits per heavy atom. The van der Waals surface area contributed by atoms with Crippen LogP contribution in [-0.2, 0) is 4.79 Å². The molecule has 0 bridgehead atoms. The predicted octanol–water partition coefficient (Wildman–Crippen LogP) is 5.61. The fourth-order valence-electron chi connectivity index (χ4n) is 5.25. The number of nitrogens with zero attached hydrogens (tertiary/aromatic N) is 3. The van der Waals surface area contributed by atoms with Gasteiger partial charge in [0.1, 0.15) is 0 Å². The molecule has 0 aromatic heterocycles. The number of fused-ring (bicyclic) bond motifs is 1. The van der Waals surface area contributed by atoms with Gasteiger partial charge in [-0.1, -0.05) is 72.8 Å². The SMILES string of the molecule is O=C1c2cccc3cccc(c23)C(=O)N1CCN(C(=O)COc1ccccc1[N+](=O)[O-])c1cccc2ccccc12. The highest BCUT2D eigenvalue weighted by atomic mass is 16.6. The summed E-state index contributed by atoms with van der Waals surface area (Å²) >= 11 is 0. The van der Waals surface area contributed by atoms with Crippen molar-refractivity contribution in [3.05, 3.63) is 124 Å². The minimum Gasteiger partial charge on any atom is -0.477 e. The van der Waals surface area contributed by atoms with Crippen molar-refractivity contribution in [1.29, 1.82) is 0 Å². The van der Waals surface area contributed by atoms with Gasteiger partial charge >= 0.3 is 5.69 Å². The minimum atomic E-state index is -0.575. The molecule has 41 heavy (non-hydrogen) atoms. The Bertz CT molecular complexity index is 1810. The average Bonchev–Trinajstić information content (AvgIpc) is 3.00. The van der Waals surface area contributed by atoms with E-state index in [-0.39, 0.29) is 24.5 Å². The lowest BCUT2D eigenvalue weighted by Gasteiger charge is -2.30. The largest absolute Gasteiger partial charge is 0.477 e. The number of anilines is 1. The van der Waals surface area contributed by atoms with Crippen molar-refractivity contribution >= 4 is 50.6 Å². The Labute approximate surface area is 234 Å². The Morgan fingerprint density at radius 1 is 0.780 bits per heavy atom. The number of ether oxygens (including phenoxy) is 1. The van der Waals surface area contributed by atoms with Gasteiger partial charge in [-0.3, -0.25) is 29.4 Å². The topological polar surface area (TPSA) is 110 Å². The molecule has 0 radical (unpaired) electrons. The number of carbonyl (C=O) groups is 3. The van der Waals surface area contributed by atoms with Crippen molar-refractivity contribution in [2.75, 3.05) is 24.6 Å². The molecule has 0 spiro atoms. The molecule has 1 aliphatic heterocycles. The number of imide groups is 1. The summed E-state index contributed by atoms with van der Waals surface area (Å²) in [6.45, 7) is -0.566. The molecule has 9 nitrogen and oxygen atoms in total. The summed E-state index contributed by atoms with van der Waals surface area (Å²) < 4.78 is 5.61. The number of carbonyl (C=O) groups excluding carboxylic acids is 3. The van der Waals surface area contributed by atoms with Crippen LogP contribution >= 0.6 is 0 Å². The molecule has 0 fully saturated rings. The lowest BCUT2D eigenvalue weighted by molar-refractivity contribution is -0.385. The molecule has 0 N–H and O–H groups in total. The maximum absolute atomic E-state index is 13.7. The van der Waals surface area contributed by atoms with E-state index in [2.05, 4.69) is 0 Å². The van der Waals surface area contributed by atoms with E-state index in [4.69, 9.17) is 4.74 Å². The normalized spacial score (nSPS) is 12.5. The molecule has 9 heteroatoms. The van der Waals surface area contributed by atoms with Crippen molar-refractivity contribution in [3.8, 4) is 5.75 Å². The van der Waals surface area contributed by atoms with Crippen LogP contribution in [0.4, 0.5) is 11.4 Å². The van der Waals surface area contributed by atoms with Gasteiger partial charge in [0.25, 0.3) is 17.7 Å². The van der Waals surface area contributed by atoms with E-state index in [1.54, 1.807) is 36.4 Å². The molecule has 0 saturated carbocycles. The highest BCUT2D eigenvalue weighted by Gasteiger charge is 2.33. The maximum Gasteiger partial charge on any atom is 0.310 e. The quantitative estimate of drug-likeness (QED) is 0.142. The van der Waals surface area contributed by atoms with E-state index >= 15 is 0 Å².